The van der Waals surface area contributed by atoms with E-state index in [0.29, 0.717) is 11.4 Å². The molecule has 1 amide bonds. The Morgan fingerprint density at radius 2 is 1.96 bits per heavy atom. The summed E-state index contributed by atoms with van der Waals surface area (Å²) in [7, 11) is 0. The maximum absolute atomic E-state index is 12.9. The van der Waals surface area contributed by atoms with Crippen molar-refractivity contribution in [1.29, 1.82) is 0 Å². The van der Waals surface area contributed by atoms with Gasteiger partial charge in [0.05, 0.1) is 12.5 Å². The molecule has 2 atom stereocenters. The van der Waals surface area contributed by atoms with E-state index in [1.807, 2.05) is 31.2 Å². The van der Waals surface area contributed by atoms with Crippen LogP contribution in [-0.4, -0.2) is 37.7 Å². The zero-order chi connectivity index (χ0) is 16.0. The normalized spacial score (nSPS) is 22.8. The van der Waals surface area contributed by atoms with Crippen LogP contribution >= 0.6 is 11.6 Å². The minimum atomic E-state index is 0.205. The molecule has 0 unspecified atom stereocenters. The van der Waals surface area contributed by atoms with E-state index < -0.39 is 0 Å². The molecule has 0 radical (unpaired) electrons. The largest absolute Gasteiger partial charge is 0.334 e. The van der Waals surface area contributed by atoms with Gasteiger partial charge in [-0.25, -0.2) is 0 Å². The third kappa shape index (κ3) is 2.63. The van der Waals surface area contributed by atoms with Crippen molar-refractivity contribution in [1.82, 2.24) is 19.7 Å². The van der Waals surface area contributed by atoms with E-state index in [4.69, 9.17) is 11.6 Å². The molecule has 2 aliphatic heterocycles. The second-order valence-electron chi connectivity index (χ2n) is 6.47. The highest BCUT2D eigenvalue weighted by atomic mass is 35.5. The Bertz CT molecular complexity index is 740. The lowest BCUT2D eigenvalue weighted by Crippen LogP contribution is -2.42. The molecule has 2 aliphatic rings. The molecule has 0 saturated carbocycles. The van der Waals surface area contributed by atoms with Crippen LogP contribution in [0.2, 0.25) is 5.02 Å². The number of benzene rings is 1. The maximum Gasteiger partial charge on any atom is 0.227 e. The first-order valence-electron chi connectivity index (χ1n) is 8.06. The van der Waals surface area contributed by atoms with Crippen molar-refractivity contribution in [3.8, 4) is 0 Å². The fraction of sp³-hybridized carbons (Fsp3) is 0.471. The lowest BCUT2D eigenvalue weighted by atomic mass is 10.1. The molecule has 0 aliphatic carbocycles. The number of rotatable bonds is 2. The van der Waals surface area contributed by atoms with Crippen molar-refractivity contribution >= 4 is 17.5 Å². The van der Waals surface area contributed by atoms with E-state index in [-0.39, 0.29) is 18.0 Å². The van der Waals surface area contributed by atoms with Gasteiger partial charge in [-0.15, -0.1) is 10.2 Å². The Kier molecular flexibility index (Phi) is 3.60. The van der Waals surface area contributed by atoms with E-state index in [1.165, 1.54) is 0 Å². The van der Waals surface area contributed by atoms with Crippen molar-refractivity contribution < 1.29 is 4.79 Å². The molecule has 6 heteroatoms. The van der Waals surface area contributed by atoms with Crippen LogP contribution in [0.3, 0.4) is 0 Å². The van der Waals surface area contributed by atoms with Gasteiger partial charge in [-0.3, -0.25) is 4.79 Å². The molecular formula is C17H19ClN4O. The SMILES string of the molecule is Cc1nnc2n1C[C@H]1CC[C@@H](C2)N1C(=O)Cc1ccc(Cl)cc1. The third-order valence-corrected chi connectivity index (χ3v) is 5.25. The zero-order valence-electron chi connectivity index (χ0n) is 13.1. The number of aromatic nitrogens is 3. The average Bonchev–Trinajstić information content (AvgIpc) is 3.01. The molecule has 1 fully saturated rings. The van der Waals surface area contributed by atoms with Gasteiger partial charge >= 0.3 is 0 Å². The van der Waals surface area contributed by atoms with Gasteiger partial charge in [-0.1, -0.05) is 23.7 Å². The molecule has 0 N–H and O–H groups in total. The molecule has 1 saturated heterocycles. The topological polar surface area (TPSA) is 51.0 Å². The second kappa shape index (κ2) is 5.64. The Labute approximate surface area is 140 Å². The zero-order valence-corrected chi connectivity index (χ0v) is 13.8. The Morgan fingerprint density at radius 1 is 1.22 bits per heavy atom. The van der Waals surface area contributed by atoms with E-state index in [9.17, 15) is 4.79 Å². The summed E-state index contributed by atoms with van der Waals surface area (Å²) in [4.78, 5) is 15.0. The quantitative estimate of drug-likeness (QED) is 0.849. The predicted molar refractivity (Wildman–Crippen MR) is 87.3 cm³/mol. The van der Waals surface area contributed by atoms with Gasteiger partial charge in [0, 0.05) is 24.0 Å². The Morgan fingerprint density at radius 3 is 2.74 bits per heavy atom. The van der Waals surface area contributed by atoms with Crippen molar-refractivity contribution in [3.05, 3.63) is 46.5 Å². The van der Waals surface area contributed by atoms with E-state index >= 15 is 0 Å². The Hall–Kier alpha value is -1.88. The van der Waals surface area contributed by atoms with Crippen molar-refractivity contribution in [2.45, 2.75) is 51.2 Å². The highest BCUT2D eigenvalue weighted by Gasteiger charge is 2.40. The van der Waals surface area contributed by atoms with Crippen LogP contribution < -0.4 is 0 Å². The number of carbonyl (C=O) groups is 1. The second-order valence-corrected chi connectivity index (χ2v) is 6.90. The van der Waals surface area contributed by atoms with Crippen molar-refractivity contribution in [2.75, 3.05) is 0 Å². The predicted octanol–water partition coefficient (Wildman–Crippen LogP) is 2.40. The molecule has 3 heterocycles. The van der Waals surface area contributed by atoms with Gasteiger partial charge < -0.3 is 9.47 Å². The molecule has 0 spiro atoms. The Balaban J connectivity index is 1.55. The van der Waals surface area contributed by atoms with Gasteiger partial charge in [0.25, 0.3) is 0 Å². The third-order valence-electron chi connectivity index (χ3n) is 5.00. The monoisotopic (exact) mass is 330 g/mol. The smallest absolute Gasteiger partial charge is 0.227 e. The summed E-state index contributed by atoms with van der Waals surface area (Å²) >= 11 is 5.92. The van der Waals surface area contributed by atoms with Gasteiger partial charge in [0.1, 0.15) is 11.6 Å². The van der Waals surface area contributed by atoms with E-state index in [0.717, 1.165) is 43.0 Å². The van der Waals surface area contributed by atoms with Gasteiger partial charge in [-0.2, -0.15) is 0 Å². The number of aryl methyl sites for hydroxylation is 1. The highest BCUT2D eigenvalue weighted by molar-refractivity contribution is 6.30. The van der Waals surface area contributed by atoms with Crippen LogP contribution in [0.1, 0.15) is 30.1 Å². The molecule has 4 rings (SSSR count). The summed E-state index contributed by atoms with van der Waals surface area (Å²) < 4.78 is 2.17. The van der Waals surface area contributed by atoms with Crippen LogP contribution in [0, 0.1) is 6.92 Å². The summed E-state index contributed by atoms with van der Waals surface area (Å²) in [6, 6.07) is 8.05. The molecule has 1 aromatic heterocycles. The molecule has 2 aromatic rings. The molecule has 2 bridgehead atoms. The number of halogens is 1. The van der Waals surface area contributed by atoms with Gasteiger partial charge in [0.2, 0.25) is 5.91 Å². The lowest BCUT2D eigenvalue weighted by Gasteiger charge is -2.28. The van der Waals surface area contributed by atoms with Crippen LogP contribution in [-0.2, 0) is 24.2 Å². The molecule has 23 heavy (non-hydrogen) atoms. The first kappa shape index (κ1) is 14.7. The molecular weight excluding hydrogens is 312 g/mol. The van der Waals surface area contributed by atoms with E-state index in [2.05, 4.69) is 19.7 Å². The van der Waals surface area contributed by atoms with Gasteiger partial charge in [0.15, 0.2) is 0 Å². The number of amides is 1. The summed E-state index contributed by atoms with van der Waals surface area (Å²) in [6.45, 7) is 2.80. The molecule has 120 valence electrons. The van der Waals surface area contributed by atoms with Crippen molar-refractivity contribution in [3.63, 3.8) is 0 Å². The summed E-state index contributed by atoms with van der Waals surface area (Å²) in [6.07, 6.45) is 3.37. The standard InChI is InChI=1S/C17H19ClN4O/c1-11-19-20-16-9-14-6-7-15(10-21(11)16)22(14)17(23)8-12-2-4-13(18)5-3-12/h2-5,14-15H,6-10H2,1H3/t14-,15+/m0/s1. The summed E-state index contributed by atoms with van der Waals surface area (Å²) in [5.41, 5.74) is 1.01. The maximum atomic E-state index is 12.9. The fourth-order valence-electron chi connectivity index (χ4n) is 3.85. The summed E-state index contributed by atoms with van der Waals surface area (Å²) in [5.74, 6) is 2.16. The van der Waals surface area contributed by atoms with E-state index in [1.54, 1.807) is 0 Å². The van der Waals surface area contributed by atoms with Crippen LogP contribution in [0.25, 0.3) is 0 Å². The number of hydrogen-bond donors (Lipinski definition) is 0. The molecule has 1 aromatic carbocycles. The number of nitrogens with zero attached hydrogens (tertiary/aromatic N) is 4. The average molecular weight is 331 g/mol. The first-order valence-corrected chi connectivity index (χ1v) is 8.44. The first-order chi connectivity index (χ1) is 11.1. The lowest BCUT2D eigenvalue weighted by molar-refractivity contribution is -0.133. The minimum Gasteiger partial charge on any atom is -0.334 e. The minimum absolute atomic E-state index is 0.205. The number of carbonyl (C=O) groups excluding carboxylic acids is 1. The number of fused-ring (bicyclic) bond motifs is 3. The molecule has 5 nitrogen and oxygen atoms in total. The number of hydrogen-bond acceptors (Lipinski definition) is 3. The summed E-state index contributed by atoms with van der Waals surface area (Å²) in [5, 5.41) is 9.16. The van der Waals surface area contributed by atoms with Crippen LogP contribution in [0.4, 0.5) is 0 Å². The van der Waals surface area contributed by atoms with Crippen molar-refractivity contribution in [2.24, 2.45) is 0 Å². The highest BCUT2D eigenvalue weighted by Crippen LogP contribution is 2.32. The van der Waals surface area contributed by atoms with Crippen LogP contribution in [0.15, 0.2) is 24.3 Å². The van der Waals surface area contributed by atoms with Gasteiger partial charge in [-0.05, 0) is 37.5 Å². The fourth-order valence-corrected chi connectivity index (χ4v) is 3.98. The van der Waals surface area contributed by atoms with Crippen LogP contribution in [0.5, 0.6) is 0 Å².